The molecule has 0 aliphatic heterocycles. The van der Waals surface area contributed by atoms with Crippen LogP contribution in [0.4, 0.5) is 0 Å². The molecule has 4 aliphatic carbocycles. The van der Waals surface area contributed by atoms with Gasteiger partial charge in [-0.05, 0) is 123 Å². The van der Waals surface area contributed by atoms with Gasteiger partial charge in [-0.15, -0.1) is 0 Å². The molecule has 5 rings (SSSR count). The molecule has 0 heterocycles. The number of rotatable bonds is 5. The summed E-state index contributed by atoms with van der Waals surface area (Å²) in [5.41, 5.74) is 5.30. The minimum atomic E-state index is -0.0916. The molecular formula is C32H46O. The van der Waals surface area contributed by atoms with Gasteiger partial charge in [0.1, 0.15) is 0 Å². The first-order chi connectivity index (χ1) is 15.8. The minimum Gasteiger partial charge on any atom is -0.393 e. The summed E-state index contributed by atoms with van der Waals surface area (Å²) in [6.45, 7) is 10.1. The Balaban J connectivity index is 1.26. The summed E-state index contributed by atoms with van der Waals surface area (Å²) in [5, 5.41) is 10.3. The van der Waals surface area contributed by atoms with Crippen LogP contribution in [0.2, 0.25) is 0 Å². The fourth-order valence-corrected chi connectivity index (χ4v) is 9.20. The van der Waals surface area contributed by atoms with E-state index in [1.807, 2.05) is 0 Å². The third-order valence-corrected chi connectivity index (χ3v) is 11.1. The lowest BCUT2D eigenvalue weighted by molar-refractivity contribution is -0.0570. The largest absolute Gasteiger partial charge is 0.393 e. The Morgan fingerprint density at radius 1 is 1.06 bits per heavy atom. The van der Waals surface area contributed by atoms with Crippen LogP contribution in [0.1, 0.15) is 97.5 Å². The highest BCUT2D eigenvalue weighted by molar-refractivity contribution is 5.63. The van der Waals surface area contributed by atoms with E-state index in [1.165, 1.54) is 62.5 Å². The summed E-state index contributed by atoms with van der Waals surface area (Å²) >= 11 is 0. The van der Waals surface area contributed by atoms with Crippen LogP contribution in [0, 0.1) is 40.4 Å². The average Bonchev–Trinajstić information content (AvgIpc) is 3.17. The maximum Gasteiger partial charge on any atom is 0.0577 e. The predicted molar refractivity (Wildman–Crippen MR) is 140 cm³/mol. The molecule has 0 aromatic heterocycles. The zero-order chi connectivity index (χ0) is 23.2. The fourth-order valence-electron chi connectivity index (χ4n) is 9.20. The van der Waals surface area contributed by atoms with Crippen LogP contribution < -0.4 is 0 Å². The molecule has 180 valence electrons. The van der Waals surface area contributed by atoms with E-state index in [2.05, 4.69) is 70.2 Å². The maximum absolute atomic E-state index is 10.3. The summed E-state index contributed by atoms with van der Waals surface area (Å²) in [4.78, 5) is 0. The van der Waals surface area contributed by atoms with Crippen molar-refractivity contribution >= 4 is 5.57 Å². The predicted octanol–water partition coefficient (Wildman–Crippen LogP) is 8.45. The van der Waals surface area contributed by atoms with Crippen LogP contribution in [0.25, 0.3) is 5.57 Å². The molecule has 4 aliphatic rings. The van der Waals surface area contributed by atoms with Gasteiger partial charge in [0.25, 0.3) is 0 Å². The minimum absolute atomic E-state index is 0.0916. The van der Waals surface area contributed by atoms with Gasteiger partial charge in [0.2, 0.25) is 0 Å². The second-order valence-electron chi connectivity index (χ2n) is 12.7. The molecule has 1 aromatic carbocycles. The Bertz CT molecular complexity index is 896. The van der Waals surface area contributed by atoms with Gasteiger partial charge in [-0.25, -0.2) is 0 Å². The van der Waals surface area contributed by atoms with Gasteiger partial charge in [0.15, 0.2) is 0 Å². The average molecular weight is 447 g/mol. The molecule has 0 radical (unpaired) electrons. The molecule has 3 saturated carbocycles. The van der Waals surface area contributed by atoms with E-state index in [1.54, 1.807) is 5.57 Å². The van der Waals surface area contributed by atoms with Crippen molar-refractivity contribution in [3.8, 4) is 0 Å². The molecule has 3 fully saturated rings. The monoisotopic (exact) mass is 446 g/mol. The van der Waals surface area contributed by atoms with Gasteiger partial charge >= 0.3 is 0 Å². The molecule has 1 aromatic rings. The van der Waals surface area contributed by atoms with Crippen LogP contribution in [-0.2, 0) is 0 Å². The summed E-state index contributed by atoms with van der Waals surface area (Å²) in [6.07, 6.45) is 17.7. The first kappa shape index (κ1) is 23.4. The van der Waals surface area contributed by atoms with E-state index < -0.39 is 0 Å². The van der Waals surface area contributed by atoms with Crippen LogP contribution in [-0.4, -0.2) is 11.2 Å². The van der Waals surface area contributed by atoms with E-state index in [0.29, 0.717) is 10.8 Å². The number of allylic oxidation sites excluding steroid dienone is 3. The van der Waals surface area contributed by atoms with Gasteiger partial charge in [-0.1, -0.05) is 68.8 Å². The van der Waals surface area contributed by atoms with Crippen molar-refractivity contribution in [2.45, 2.75) is 98.0 Å². The highest BCUT2D eigenvalue weighted by atomic mass is 16.3. The van der Waals surface area contributed by atoms with Crippen LogP contribution in [0.3, 0.4) is 0 Å². The normalized spacial score (nSPS) is 41.5. The second kappa shape index (κ2) is 9.03. The topological polar surface area (TPSA) is 20.2 Å². The van der Waals surface area contributed by atoms with Crippen molar-refractivity contribution in [2.75, 3.05) is 0 Å². The third kappa shape index (κ3) is 4.07. The van der Waals surface area contributed by atoms with E-state index in [-0.39, 0.29) is 6.10 Å². The van der Waals surface area contributed by atoms with Crippen LogP contribution in [0.15, 0.2) is 48.1 Å². The fraction of sp³-hybridized carbons (Fsp3) is 0.688. The van der Waals surface area contributed by atoms with Gasteiger partial charge in [0, 0.05) is 0 Å². The smallest absolute Gasteiger partial charge is 0.0577 e. The first-order valence-corrected chi connectivity index (χ1v) is 13.9. The zero-order valence-corrected chi connectivity index (χ0v) is 21.5. The lowest BCUT2D eigenvalue weighted by atomic mass is 9.47. The Labute approximate surface area is 202 Å². The molecule has 33 heavy (non-hydrogen) atoms. The van der Waals surface area contributed by atoms with Crippen molar-refractivity contribution in [3.63, 3.8) is 0 Å². The molecule has 1 nitrogen and oxygen atoms in total. The van der Waals surface area contributed by atoms with E-state index >= 15 is 0 Å². The molecule has 0 saturated heterocycles. The molecule has 0 bridgehead atoms. The number of aliphatic hydroxyl groups excluding tert-OH is 1. The van der Waals surface area contributed by atoms with Crippen LogP contribution in [0.5, 0.6) is 0 Å². The van der Waals surface area contributed by atoms with Crippen molar-refractivity contribution < 1.29 is 5.11 Å². The lowest BCUT2D eigenvalue weighted by Crippen LogP contribution is -2.50. The summed E-state index contributed by atoms with van der Waals surface area (Å²) < 4.78 is 0. The SMILES string of the molecule is C/C(=C\CCC(C)C1CCC2C3CC=C4C[C@@H](O)CC[C@]4(C)C3CC[C@]12C)c1ccccc1. The molecule has 1 heteroatoms. The summed E-state index contributed by atoms with van der Waals surface area (Å²) in [7, 11) is 0. The Hall–Kier alpha value is -1.34. The van der Waals surface area contributed by atoms with Gasteiger partial charge < -0.3 is 5.11 Å². The highest BCUT2D eigenvalue weighted by Gasteiger charge is 2.59. The first-order valence-electron chi connectivity index (χ1n) is 13.9. The van der Waals surface area contributed by atoms with Crippen LogP contribution >= 0.6 is 0 Å². The number of aliphatic hydroxyl groups is 1. The summed E-state index contributed by atoms with van der Waals surface area (Å²) in [6, 6.07) is 10.8. The number of hydrogen-bond acceptors (Lipinski definition) is 1. The van der Waals surface area contributed by atoms with Crippen molar-refractivity contribution in [1.29, 1.82) is 0 Å². The quantitative estimate of drug-likeness (QED) is 0.450. The van der Waals surface area contributed by atoms with Crippen molar-refractivity contribution in [1.82, 2.24) is 0 Å². The van der Waals surface area contributed by atoms with Gasteiger partial charge in [0.05, 0.1) is 6.10 Å². The molecule has 0 amide bonds. The molecule has 0 spiro atoms. The zero-order valence-electron chi connectivity index (χ0n) is 21.5. The second-order valence-corrected chi connectivity index (χ2v) is 12.7. The molecule has 5 unspecified atom stereocenters. The van der Waals surface area contributed by atoms with E-state index in [9.17, 15) is 5.11 Å². The lowest BCUT2D eigenvalue weighted by Gasteiger charge is -2.58. The molecule has 8 atom stereocenters. The van der Waals surface area contributed by atoms with E-state index in [4.69, 9.17) is 0 Å². The number of hydrogen-bond donors (Lipinski definition) is 1. The Kier molecular flexibility index (Phi) is 6.40. The maximum atomic E-state index is 10.3. The molecular weight excluding hydrogens is 400 g/mol. The van der Waals surface area contributed by atoms with Gasteiger partial charge in [-0.3, -0.25) is 0 Å². The molecule has 1 N–H and O–H groups in total. The number of fused-ring (bicyclic) bond motifs is 5. The summed E-state index contributed by atoms with van der Waals surface area (Å²) in [5.74, 6) is 4.34. The third-order valence-electron chi connectivity index (χ3n) is 11.1. The number of benzene rings is 1. The Morgan fingerprint density at radius 3 is 2.64 bits per heavy atom. The standard InChI is InChI=1S/C32H46O/c1-22(24-11-6-5-7-12-24)9-8-10-23(2)28-15-16-29-27-14-13-25-21-26(33)17-19-31(25,3)30(27)18-20-32(28,29)4/h5-7,9,11-13,23,26-30,33H,8,10,14-21H2,1-4H3/b22-9+/t23?,26-,27?,28?,29?,30?,31-,32+/m0/s1. The van der Waals surface area contributed by atoms with E-state index in [0.717, 1.165) is 42.4 Å². The Morgan fingerprint density at radius 2 is 1.85 bits per heavy atom. The van der Waals surface area contributed by atoms with Crippen molar-refractivity contribution in [3.05, 3.63) is 53.6 Å². The van der Waals surface area contributed by atoms with Gasteiger partial charge in [-0.2, -0.15) is 0 Å². The highest BCUT2D eigenvalue weighted by Crippen LogP contribution is 2.67. The van der Waals surface area contributed by atoms with Crippen molar-refractivity contribution in [2.24, 2.45) is 40.4 Å².